The van der Waals surface area contributed by atoms with Gasteiger partial charge in [-0.2, -0.15) is 0 Å². The molecule has 0 aliphatic carbocycles. The zero-order chi connectivity index (χ0) is 15.9. The third-order valence-electron chi connectivity index (χ3n) is 4.14. The van der Waals surface area contributed by atoms with Crippen LogP contribution in [0.15, 0.2) is 91.0 Å². The molecule has 0 amide bonds. The van der Waals surface area contributed by atoms with E-state index < -0.39 is 0 Å². The summed E-state index contributed by atoms with van der Waals surface area (Å²) in [5, 5.41) is 0. The molecule has 3 aromatic carbocycles. The molecule has 1 nitrogen and oxygen atoms in total. The zero-order valence-corrected chi connectivity index (χ0v) is 13.4. The van der Waals surface area contributed by atoms with Crippen LogP contribution in [-0.4, -0.2) is 6.10 Å². The normalized spacial score (nSPS) is 12.3. The Balaban J connectivity index is 1.80. The van der Waals surface area contributed by atoms with E-state index in [2.05, 4.69) is 91.9 Å². The molecule has 0 saturated carbocycles. The van der Waals surface area contributed by atoms with Gasteiger partial charge in [-0.1, -0.05) is 91.0 Å². The summed E-state index contributed by atoms with van der Waals surface area (Å²) in [5.74, 6) is 0.237. The summed E-state index contributed by atoms with van der Waals surface area (Å²) in [6, 6.07) is 31.5. The molecule has 1 atom stereocenters. The van der Waals surface area contributed by atoms with E-state index in [9.17, 15) is 0 Å². The fourth-order valence-electron chi connectivity index (χ4n) is 2.95. The molecule has 0 heterocycles. The topological polar surface area (TPSA) is 9.23 Å². The second-order valence-corrected chi connectivity index (χ2v) is 5.80. The molecule has 3 rings (SSSR count). The number of ether oxygens (including phenoxy) is 1. The van der Waals surface area contributed by atoms with Crippen LogP contribution in [0.4, 0.5) is 0 Å². The SMILES string of the molecule is C[C@H](OCc1ccccc1)C(c1ccccc1)c1ccccc1. The molecule has 0 fully saturated rings. The van der Waals surface area contributed by atoms with Crippen LogP contribution in [0.3, 0.4) is 0 Å². The molecule has 0 aliphatic rings. The van der Waals surface area contributed by atoms with E-state index in [1.165, 1.54) is 16.7 Å². The van der Waals surface area contributed by atoms with Crippen LogP contribution in [0.2, 0.25) is 0 Å². The number of rotatable bonds is 6. The quantitative estimate of drug-likeness (QED) is 0.590. The first-order valence-electron chi connectivity index (χ1n) is 8.10. The maximum Gasteiger partial charge on any atom is 0.0720 e. The minimum Gasteiger partial charge on any atom is -0.373 e. The third kappa shape index (κ3) is 4.08. The van der Waals surface area contributed by atoms with Gasteiger partial charge in [0.05, 0.1) is 12.7 Å². The van der Waals surface area contributed by atoms with Crippen LogP contribution < -0.4 is 0 Å². The van der Waals surface area contributed by atoms with Gasteiger partial charge in [0.25, 0.3) is 0 Å². The number of hydrogen-bond donors (Lipinski definition) is 0. The van der Waals surface area contributed by atoms with Gasteiger partial charge in [0.1, 0.15) is 0 Å². The van der Waals surface area contributed by atoms with Crippen molar-refractivity contribution >= 4 is 0 Å². The van der Waals surface area contributed by atoms with Crippen LogP contribution in [0, 0.1) is 0 Å². The van der Waals surface area contributed by atoms with Crippen LogP contribution >= 0.6 is 0 Å². The Kier molecular flexibility index (Phi) is 5.23. The Bertz CT molecular complexity index is 652. The largest absolute Gasteiger partial charge is 0.373 e. The summed E-state index contributed by atoms with van der Waals surface area (Å²) >= 11 is 0. The standard InChI is InChI=1S/C22H22O/c1-18(23-17-19-11-5-2-6-12-19)22(20-13-7-3-8-14-20)21-15-9-4-10-16-21/h2-16,18,22H,17H2,1H3/t18-/m0/s1. The van der Waals surface area contributed by atoms with Crippen molar-refractivity contribution in [1.29, 1.82) is 0 Å². The Morgan fingerprint density at radius 3 is 1.57 bits per heavy atom. The Morgan fingerprint density at radius 2 is 1.09 bits per heavy atom. The van der Waals surface area contributed by atoms with Crippen molar-refractivity contribution in [3.63, 3.8) is 0 Å². The summed E-state index contributed by atoms with van der Waals surface area (Å²) in [6.45, 7) is 2.80. The van der Waals surface area contributed by atoms with Gasteiger partial charge in [-0.15, -0.1) is 0 Å². The van der Waals surface area contributed by atoms with Gasteiger partial charge >= 0.3 is 0 Å². The predicted octanol–water partition coefficient (Wildman–Crippen LogP) is 5.42. The molecule has 0 aliphatic heterocycles. The lowest BCUT2D eigenvalue weighted by Gasteiger charge is -2.25. The molecule has 0 saturated heterocycles. The van der Waals surface area contributed by atoms with E-state index >= 15 is 0 Å². The molecule has 1 heteroatoms. The number of benzene rings is 3. The van der Waals surface area contributed by atoms with Crippen molar-refractivity contribution in [1.82, 2.24) is 0 Å². The summed E-state index contributed by atoms with van der Waals surface area (Å²) in [6.07, 6.45) is 0.0972. The molecular formula is C22H22O. The minimum absolute atomic E-state index is 0.0972. The highest BCUT2D eigenvalue weighted by atomic mass is 16.5. The highest BCUT2D eigenvalue weighted by Gasteiger charge is 2.21. The van der Waals surface area contributed by atoms with Gasteiger partial charge < -0.3 is 4.74 Å². The lowest BCUT2D eigenvalue weighted by atomic mass is 9.87. The van der Waals surface area contributed by atoms with Gasteiger partial charge in [0.15, 0.2) is 0 Å². The molecule has 116 valence electrons. The monoisotopic (exact) mass is 302 g/mol. The third-order valence-corrected chi connectivity index (χ3v) is 4.14. The first kappa shape index (κ1) is 15.5. The molecule has 0 aromatic heterocycles. The summed E-state index contributed by atoms with van der Waals surface area (Å²) in [5.41, 5.74) is 3.79. The van der Waals surface area contributed by atoms with Crippen LogP contribution in [0.25, 0.3) is 0 Å². The van der Waals surface area contributed by atoms with Crippen molar-refractivity contribution in [2.45, 2.75) is 25.6 Å². The highest BCUT2D eigenvalue weighted by molar-refractivity contribution is 5.33. The molecular weight excluding hydrogens is 280 g/mol. The molecule has 0 bridgehead atoms. The average molecular weight is 302 g/mol. The van der Waals surface area contributed by atoms with Crippen molar-refractivity contribution in [2.75, 3.05) is 0 Å². The van der Waals surface area contributed by atoms with Crippen LogP contribution in [0.1, 0.15) is 29.5 Å². The predicted molar refractivity (Wildman–Crippen MR) is 95.4 cm³/mol. The second-order valence-electron chi connectivity index (χ2n) is 5.80. The lowest BCUT2D eigenvalue weighted by molar-refractivity contribution is 0.0425. The van der Waals surface area contributed by atoms with E-state index in [-0.39, 0.29) is 12.0 Å². The van der Waals surface area contributed by atoms with Crippen LogP contribution in [-0.2, 0) is 11.3 Å². The Morgan fingerprint density at radius 1 is 0.652 bits per heavy atom. The molecule has 0 radical (unpaired) electrons. The van der Waals surface area contributed by atoms with E-state index in [4.69, 9.17) is 4.74 Å². The van der Waals surface area contributed by atoms with Gasteiger partial charge in [-0.05, 0) is 23.6 Å². The van der Waals surface area contributed by atoms with Crippen molar-refractivity contribution in [3.8, 4) is 0 Å². The molecule has 0 spiro atoms. The Hall–Kier alpha value is -2.38. The maximum atomic E-state index is 6.20. The van der Waals surface area contributed by atoms with Crippen molar-refractivity contribution in [3.05, 3.63) is 108 Å². The first-order valence-corrected chi connectivity index (χ1v) is 8.10. The van der Waals surface area contributed by atoms with Gasteiger partial charge in [-0.25, -0.2) is 0 Å². The van der Waals surface area contributed by atoms with E-state index in [0.29, 0.717) is 6.61 Å². The second kappa shape index (κ2) is 7.75. The van der Waals surface area contributed by atoms with E-state index in [0.717, 1.165) is 0 Å². The van der Waals surface area contributed by atoms with Gasteiger partial charge in [0.2, 0.25) is 0 Å². The molecule has 0 unspecified atom stereocenters. The van der Waals surface area contributed by atoms with E-state index in [1.54, 1.807) is 0 Å². The van der Waals surface area contributed by atoms with E-state index in [1.807, 2.05) is 6.07 Å². The molecule has 3 aromatic rings. The van der Waals surface area contributed by atoms with Crippen molar-refractivity contribution in [2.24, 2.45) is 0 Å². The molecule has 0 N–H and O–H groups in total. The summed E-state index contributed by atoms with van der Waals surface area (Å²) < 4.78 is 6.20. The van der Waals surface area contributed by atoms with Crippen LogP contribution in [0.5, 0.6) is 0 Å². The zero-order valence-electron chi connectivity index (χ0n) is 13.4. The number of hydrogen-bond acceptors (Lipinski definition) is 1. The summed E-state index contributed by atoms with van der Waals surface area (Å²) in [4.78, 5) is 0. The summed E-state index contributed by atoms with van der Waals surface area (Å²) in [7, 11) is 0. The lowest BCUT2D eigenvalue weighted by Crippen LogP contribution is -2.20. The highest BCUT2D eigenvalue weighted by Crippen LogP contribution is 2.30. The molecule has 23 heavy (non-hydrogen) atoms. The van der Waals surface area contributed by atoms with Gasteiger partial charge in [0, 0.05) is 5.92 Å². The average Bonchev–Trinajstić information content (AvgIpc) is 2.63. The fourth-order valence-corrected chi connectivity index (χ4v) is 2.95. The van der Waals surface area contributed by atoms with Crippen molar-refractivity contribution < 1.29 is 4.74 Å². The first-order chi connectivity index (χ1) is 11.3. The fraction of sp³-hybridized carbons (Fsp3) is 0.182. The van der Waals surface area contributed by atoms with Gasteiger partial charge in [-0.3, -0.25) is 0 Å². The smallest absolute Gasteiger partial charge is 0.0720 e. The minimum atomic E-state index is 0.0972. The maximum absolute atomic E-state index is 6.20. The Labute approximate surface area is 138 Å².